The summed E-state index contributed by atoms with van der Waals surface area (Å²) in [7, 11) is -0.253. The highest BCUT2D eigenvalue weighted by Gasteiger charge is 2.34. The Morgan fingerprint density at radius 2 is 2.00 bits per heavy atom. The van der Waals surface area contributed by atoms with E-state index in [2.05, 4.69) is 6.07 Å². The van der Waals surface area contributed by atoms with Crippen molar-refractivity contribution in [2.45, 2.75) is 33.9 Å². The first-order chi connectivity index (χ1) is 7.16. The monoisotopic (exact) mass is 243 g/mol. The van der Waals surface area contributed by atoms with Crippen molar-refractivity contribution in [2.24, 2.45) is 11.3 Å². The van der Waals surface area contributed by atoms with Crippen molar-refractivity contribution < 1.29 is 14.0 Å². The molecule has 0 rings (SSSR count). The van der Waals surface area contributed by atoms with Crippen molar-refractivity contribution in [2.75, 3.05) is 13.3 Å². The van der Waals surface area contributed by atoms with Crippen molar-refractivity contribution in [3.05, 3.63) is 0 Å². The van der Waals surface area contributed by atoms with Crippen LogP contribution in [-0.4, -0.2) is 27.6 Å². The van der Waals surface area contributed by atoms with E-state index < -0.39 is 19.7 Å². The van der Waals surface area contributed by atoms with Gasteiger partial charge in [0, 0.05) is 7.11 Å². The first kappa shape index (κ1) is 15.1. The minimum Gasteiger partial charge on any atom is -0.466 e. The predicted molar refractivity (Wildman–Crippen MR) is 64.0 cm³/mol. The summed E-state index contributed by atoms with van der Waals surface area (Å²) >= 11 is 0. The van der Waals surface area contributed by atoms with Gasteiger partial charge in [-0.05, 0) is 26.9 Å². The Bertz CT molecular complexity index is 294. The largest absolute Gasteiger partial charge is 0.466 e. The van der Waals surface area contributed by atoms with Crippen molar-refractivity contribution in [1.29, 1.82) is 5.26 Å². The number of rotatable bonds is 5. The number of nitriles is 1. The summed E-state index contributed by atoms with van der Waals surface area (Å²) in [5.74, 6) is -0.761. The zero-order valence-electron chi connectivity index (χ0n) is 11.0. The van der Waals surface area contributed by atoms with Gasteiger partial charge in [0.1, 0.15) is 6.23 Å². The van der Waals surface area contributed by atoms with Crippen LogP contribution in [0.2, 0.25) is 13.1 Å². The highest BCUT2D eigenvalue weighted by Crippen LogP contribution is 2.26. The lowest BCUT2D eigenvalue weighted by atomic mass is 9.81. The fraction of sp³-hybridized carbons (Fsp3) is 0.818. The molecule has 92 valence electrons. The number of nitrogens with zero attached hydrogens (tertiary/aromatic N) is 1. The second kappa shape index (κ2) is 5.46. The lowest BCUT2D eigenvalue weighted by Crippen LogP contribution is -2.39. The second-order valence-corrected chi connectivity index (χ2v) is 9.34. The molecule has 0 aromatic carbocycles. The topological polar surface area (TPSA) is 59.3 Å². The average Bonchev–Trinajstić information content (AvgIpc) is 2.24. The molecule has 0 radical (unpaired) electrons. The van der Waals surface area contributed by atoms with Gasteiger partial charge < -0.3 is 9.16 Å². The molecule has 0 amide bonds. The van der Waals surface area contributed by atoms with Crippen molar-refractivity contribution in [3.63, 3.8) is 0 Å². The van der Waals surface area contributed by atoms with Crippen LogP contribution in [0.5, 0.6) is 0 Å². The fourth-order valence-electron chi connectivity index (χ4n) is 0.820. The third-order valence-corrected chi connectivity index (χ3v) is 4.78. The van der Waals surface area contributed by atoms with Gasteiger partial charge in [0.2, 0.25) is 8.32 Å². The standard InChI is InChI=1S/C11H21NO3Si/c1-9(11(2,3)7-12)10(13)15-8-16(5,6)14-4/h9H,8H2,1-6H3. The molecule has 0 saturated heterocycles. The van der Waals surface area contributed by atoms with Crippen LogP contribution in [0.25, 0.3) is 0 Å². The van der Waals surface area contributed by atoms with E-state index in [4.69, 9.17) is 14.4 Å². The van der Waals surface area contributed by atoms with Crippen LogP contribution in [0, 0.1) is 22.7 Å². The van der Waals surface area contributed by atoms with Crippen LogP contribution in [0.3, 0.4) is 0 Å². The van der Waals surface area contributed by atoms with Gasteiger partial charge in [-0.1, -0.05) is 6.92 Å². The summed E-state index contributed by atoms with van der Waals surface area (Å²) in [4.78, 5) is 11.7. The van der Waals surface area contributed by atoms with Gasteiger partial charge in [0.15, 0.2) is 0 Å². The quantitative estimate of drug-likeness (QED) is 0.548. The Morgan fingerprint density at radius 3 is 2.38 bits per heavy atom. The normalized spacial score (nSPS) is 14.1. The Kier molecular flexibility index (Phi) is 5.17. The number of carbonyl (C=O) groups excluding carboxylic acids is 1. The van der Waals surface area contributed by atoms with E-state index in [9.17, 15) is 4.79 Å². The minimum absolute atomic E-state index is 0.328. The molecule has 0 aromatic rings. The molecule has 0 aliphatic heterocycles. The molecule has 5 heteroatoms. The van der Waals surface area contributed by atoms with E-state index in [1.165, 1.54) is 0 Å². The molecule has 0 aliphatic rings. The Balaban J connectivity index is 4.35. The van der Waals surface area contributed by atoms with Crippen LogP contribution < -0.4 is 0 Å². The summed E-state index contributed by atoms with van der Waals surface area (Å²) in [5, 5.41) is 8.91. The molecule has 1 atom stereocenters. The van der Waals surface area contributed by atoms with Crippen molar-refractivity contribution >= 4 is 14.3 Å². The number of ether oxygens (including phenoxy) is 1. The summed E-state index contributed by atoms with van der Waals surface area (Å²) in [6.07, 6.45) is 0.328. The number of hydrogen-bond acceptors (Lipinski definition) is 4. The zero-order chi connectivity index (χ0) is 13.0. The first-order valence-corrected chi connectivity index (χ1v) is 8.41. The molecule has 1 unspecified atom stereocenters. The van der Waals surface area contributed by atoms with Gasteiger partial charge in [-0.2, -0.15) is 5.26 Å². The molecule has 0 aliphatic carbocycles. The average molecular weight is 243 g/mol. The van der Waals surface area contributed by atoms with E-state index in [0.29, 0.717) is 6.23 Å². The molecule has 0 bridgehead atoms. The van der Waals surface area contributed by atoms with E-state index in [-0.39, 0.29) is 5.97 Å². The summed E-state index contributed by atoms with van der Waals surface area (Å²) in [6, 6.07) is 2.11. The highest BCUT2D eigenvalue weighted by atomic mass is 28.4. The van der Waals surface area contributed by atoms with E-state index in [1.54, 1.807) is 27.9 Å². The van der Waals surface area contributed by atoms with Crippen molar-refractivity contribution in [3.8, 4) is 6.07 Å². The molecule has 0 fully saturated rings. The molecule has 4 nitrogen and oxygen atoms in total. The van der Waals surface area contributed by atoms with Gasteiger partial charge >= 0.3 is 5.97 Å². The van der Waals surface area contributed by atoms with E-state index >= 15 is 0 Å². The van der Waals surface area contributed by atoms with Crippen LogP contribution in [-0.2, 0) is 14.0 Å². The lowest BCUT2D eigenvalue weighted by molar-refractivity contribution is -0.149. The van der Waals surface area contributed by atoms with Crippen LogP contribution >= 0.6 is 0 Å². The number of carbonyl (C=O) groups is 1. The van der Waals surface area contributed by atoms with Gasteiger partial charge in [0.05, 0.1) is 17.4 Å². The lowest BCUT2D eigenvalue weighted by Gasteiger charge is -2.25. The Hall–Kier alpha value is -0.863. The minimum atomic E-state index is -1.88. The van der Waals surface area contributed by atoms with Crippen LogP contribution in [0.15, 0.2) is 0 Å². The maximum atomic E-state index is 11.7. The molecule has 0 heterocycles. The molecular formula is C11H21NO3Si. The first-order valence-electron chi connectivity index (χ1n) is 5.29. The maximum Gasteiger partial charge on any atom is 0.310 e. The fourth-order valence-corrected chi connectivity index (χ4v) is 1.43. The van der Waals surface area contributed by atoms with Crippen LogP contribution in [0.1, 0.15) is 20.8 Å². The summed E-state index contributed by atoms with van der Waals surface area (Å²) in [6.45, 7) is 9.13. The molecule has 0 spiro atoms. The predicted octanol–water partition coefficient (Wildman–Crippen LogP) is 2.11. The smallest absolute Gasteiger partial charge is 0.310 e. The van der Waals surface area contributed by atoms with Crippen molar-refractivity contribution in [1.82, 2.24) is 0 Å². The zero-order valence-corrected chi connectivity index (χ0v) is 12.0. The van der Waals surface area contributed by atoms with Gasteiger partial charge in [-0.15, -0.1) is 0 Å². The number of hydrogen-bond donors (Lipinski definition) is 0. The molecular weight excluding hydrogens is 222 g/mol. The Labute approximate surface area is 98.7 Å². The van der Waals surface area contributed by atoms with Gasteiger partial charge in [-0.3, -0.25) is 4.79 Å². The maximum absolute atomic E-state index is 11.7. The van der Waals surface area contributed by atoms with E-state index in [1.807, 2.05) is 13.1 Å². The Morgan fingerprint density at radius 1 is 1.50 bits per heavy atom. The third-order valence-electron chi connectivity index (χ3n) is 2.84. The summed E-state index contributed by atoms with van der Waals surface area (Å²) < 4.78 is 10.5. The third kappa shape index (κ3) is 4.33. The van der Waals surface area contributed by atoms with E-state index in [0.717, 1.165) is 0 Å². The second-order valence-electron chi connectivity index (χ2n) is 5.13. The molecule has 0 aromatic heterocycles. The van der Waals surface area contributed by atoms with Gasteiger partial charge in [0.25, 0.3) is 0 Å². The van der Waals surface area contributed by atoms with Gasteiger partial charge in [-0.25, -0.2) is 0 Å². The molecule has 0 N–H and O–H groups in total. The number of esters is 1. The molecule has 16 heavy (non-hydrogen) atoms. The summed E-state index contributed by atoms with van der Waals surface area (Å²) in [5.41, 5.74) is -0.699. The van der Waals surface area contributed by atoms with Crippen LogP contribution in [0.4, 0.5) is 0 Å². The SMILES string of the molecule is CO[Si](C)(C)COC(=O)C(C)C(C)(C)C#N. The molecule has 0 saturated carbocycles. The highest BCUT2D eigenvalue weighted by molar-refractivity contribution is 6.71.